The fourth-order valence-corrected chi connectivity index (χ4v) is 2.66. The van der Waals surface area contributed by atoms with Crippen LogP contribution in [0.25, 0.3) is 0 Å². The van der Waals surface area contributed by atoms with Gasteiger partial charge in [0.05, 0.1) is 11.1 Å². The van der Waals surface area contributed by atoms with E-state index < -0.39 is 4.92 Å². The largest absolute Gasteiger partial charge is 0.348 e. The van der Waals surface area contributed by atoms with Crippen LogP contribution in [-0.2, 0) is 7.05 Å². The molecule has 0 saturated heterocycles. The maximum Gasteiger partial charge on any atom is 0.287 e. The highest BCUT2D eigenvalue weighted by Gasteiger charge is 2.24. The Morgan fingerprint density at radius 3 is 2.45 bits per heavy atom. The third-order valence-corrected chi connectivity index (χ3v) is 3.90. The fourth-order valence-electron chi connectivity index (χ4n) is 2.66. The van der Waals surface area contributed by atoms with Crippen LogP contribution in [0.3, 0.4) is 0 Å². The van der Waals surface area contributed by atoms with Crippen LogP contribution < -0.4 is 10.6 Å². The maximum absolute atomic E-state index is 12.2. The molecule has 0 aromatic carbocycles. The van der Waals surface area contributed by atoms with E-state index in [0.29, 0.717) is 11.7 Å². The predicted molar refractivity (Wildman–Crippen MR) is 74.6 cm³/mol. The molecular formula is C13H20N4O3. The Morgan fingerprint density at radius 2 is 1.95 bits per heavy atom. The number of hydrogen-bond donors (Lipinski definition) is 2. The molecule has 7 nitrogen and oxygen atoms in total. The zero-order chi connectivity index (χ0) is 14.7. The number of carbonyl (C=O) groups excluding carboxylic acids is 1. The van der Waals surface area contributed by atoms with Crippen molar-refractivity contribution in [3.05, 3.63) is 28.1 Å². The van der Waals surface area contributed by atoms with Crippen LogP contribution in [0, 0.1) is 10.1 Å². The summed E-state index contributed by atoms with van der Waals surface area (Å²) < 4.78 is 1.49. The van der Waals surface area contributed by atoms with Gasteiger partial charge in [-0.05, 0) is 32.7 Å². The number of amides is 1. The van der Waals surface area contributed by atoms with E-state index in [2.05, 4.69) is 10.6 Å². The van der Waals surface area contributed by atoms with Crippen molar-refractivity contribution in [2.24, 2.45) is 7.05 Å². The lowest BCUT2D eigenvalue weighted by molar-refractivity contribution is -0.384. The molecule has 110 valence electrons. The maximum atomic E-state index is 12.2. The molecule has 20 heavy (non-hydrogen) atoms. The molecular weight excluding hydrogens is 260 g/mol. The number of carbonyl (C=O) groups is 1. The first-order valence-electron chi connectivity index (χ1n) is 6.80. The molecule has 1 aromatic heterocycles. The first-order chi connectivity index (χ1) is 9.51. The van der Waals surface area contributed by atoms with Gasteiger partial charge in [-0.15, -0.1) is 0 Å². The van der Waals surface area contributed by atoms with E-state index in [9.17, 15) is 14.9 Å². The topological polar surface area (TPSA) is 89.2 Å². The number of aryl methyl sites for hydroxylation is 1. The summed E-state index contributed by atoms with van der Waals surface area (Å²) in [5.74, 6) is -0.242. The molecule has 1 aromatic rings. The second-order valence-corrected chi connectivity index (χ2v) is 5.26. The second kappa shape index (κ2) is 6.04. The van der Waals surface area contributed by atoms with Gasteiger partial charge in [-0.3, -0.25) is 14.9 Å². The highest BCUT2D eigenvalue weighted by Crippen LogP contribution is 2.20. The van der Waals surface area contributed by atoms with Gasteiger partial charge >= 0.3 is 0 Å². The highest BCUT2D eigenvalue weighted by molar-refractivity contribution is 5.93. The predicted octanol–water partition coefficient (Wildman–Crippen LogP) is 1.19. The smallest absolute Gasteiger partial charge is 0.287 e. The zero-order valence-electron chi connectivity index (χ0n) is 11.8. The van der Waals surface area contributed by atoms with Gasteiger partial charge in [0, 0.05) is 25.2 Å². The van der Waals surface area contributed by atoms with Crippen molar-refractivity contribution >= 4 is 11.6 Å². The molecule has 0 radical (unpaired) electrons. The summed E-state index contributed by atoms with van der Waals surface area (Å²) >= 11 is 0. The normalized spacial score (nSPS) is 22.5. The minimum atomic E-state index is -0.491. The van der Waals surface area contributed by atoms with Gasteiger partial charge in [-0.1, -0.05) is 0 Å². The van der Waals surface area contributed by atoms with Crippen LogP contribution in [0.5, 0.6) is 0 Å². The van der Waals surface area contributed by atoms with E-state index >= 15 is 0 Å². The van der Waals surface area contributed by atoms with Crippen molar-refractivity contribution in [1.29, 1.82) is 0 Å². The number of nitro groups is 1. The van der Waals surface area contributed by atoms with E-state index in [1.807, 2.05) is 7.05 Å². The SMILES string of the molecule is CNC1CCC(NC(=O)c2cc([N+](=O)[O-])cn2C)CC1. The molecule has 1 saturated carbocycles. The molecule has 2 rings (SSSR count). The number of hydrogen-bond acceptors (Lipinski definition) is 4. The molecule has 1 aliphatic rings. The molecule has 0 spiro atoms. The van der Waals surface area contributed by atoms with Crippen molar-refractivity contribution in [2.45, 2.75) is 37.8 Å². The van der Waals surface area contributed by atoms with Crippen LogP contribution in [0.15, 0.2) is 12.3 Å². The number of rotatable bonds is 4. The van der Waals surface area contributed by atoms with Gasteiger partial charge in [0.15, 0.2) is 0 Å². The molecule has 1 aliphatic carbocycles. The minimum absolute atomic E-state index is 0.0588. The van der Waals surface area contributed by atoms with E-state index in [4.69, 9.17) is 0 Å². The standard InChI is InChI=1S/C13H20N4O3/c1-14-9-3-5-10(6-4-9)15-13(18)12-7-11(17(19)20)8-16(12)2/h7-10,14H,3-6H2,1-2H3,(H,15,18). The lowest BCUT2D eigenvalue weighted by Crippen LogP contribution is -2.41. The van der Waals surface area contributed by atoms with Crippen molar-refractivity contribution in [1.82, 2.24) is 15.2 Å². The molecule has 1 heterocycles. The Morgan fingerprint density at radius 1 is 1.35 bits per heavy atom. The third kappa shape index (κ3) is 3.16. The highest BCUT2D eigenvalue weighted by atomic mass is 16.6. The summed E-state index contributed by atoms with van der Waals surface area (Å²) in [7, 11) is 3.59. The van der Waals surface area contributed by atoms with Gasteiger partial charge < -0.3 is 15.2 Å². The lowest BCUT2D eigenvalue weighted by Gasteiger charge is -2.28. The third-order valence-electron chi connectivity index (χ3n) is 3.90. The van der Waals surface area contributed by atoms with Gasteiger partial charge in [0.25, 0.3) is 11.6 Å². The van der Waals surface area contributed by atoms with Crippen molar-refractivity contribution in [3.8, 4) is 0 Å². The summed E-state index contributed by atoms with van der Waals surface area (Å²) in [6, 6.07) is 1.99. The van der Waals surface area contributed by atoms with Crippen LogP contribution in [0.2, 0.25) is 0 Å². The van der Waals surface area contributed by atoms with Crippen LogP contribution >= 0.6 is 0 Å². The Hall–Kier alpha value is -1.89. The average Bonchev–Trinajstić information content (AvgIpc) is 2.82. The second-order valence-electron chi connectivity index (χ2n) is 5.26. The van der Waals surface area contributed by atoms with E-state index in [-0.39, 0.29) is 17.6 Å². The molecule has 0 atom stereocenters. The molecule has 0 unspecified atom stereocenters. The Bertz CT molecular complexity index is 504. The molecule has 0 bridgehead atoms. The fraction of sp³-hybridized carbons (Fsp3) is 0.615. The van der Waals surface area contributed by atoms with Gasteiger partial charge in [-0.25, -0.2) is 0 Å². The molecule has 7 heteroatoms. The van der Waals surface area contributed by atoms with Gasteiger partial charge in [0.2, 0.25) is 0 Å². The monoisotopic (exact) mass is 280 g/mol. The summed E-state index contributed by atoms with van der Waals surface area (Å²) in [5.41, 5.74) is 0.268. The molecule has 0 aliphatic heterocycles. The summed E-state index contributed by atoms with van der Waals surface area (Å²) in [6.07, 6.45) is 5.30. The molecule has 1 fully saturated rings. The van der Waals surface area contributed by atoms with E-state index in [1.54, 1.807) is 7.05 Å². The number of nitrogens with one attached hydrogen (secondary N) is 2. The zero-order valence-corrected chi connectivity index (χ0v) is 11.8. The van der Waals surface area contributed by atoms with Crippen LogP contribution in [0.1, 0.15) is 36.2 Å². The Balaban J connectivity index is 1.97. The van der Waals surface area contributed by atoms with Gasteiger partial charge in [-0.2, -0.15) is 0 Å². The first-order valence-corrected chi connectivity index (χ1v) is 6.80. The first kappa shape index (κ1) is 14.5. The van der Waals surface area contributed by atoms with Crippen molar-refractivity contribution in [2.75, 3.05) is 7.05 Å². The van der Waals surface area contributed by atoms with Crippen LogP contribution in [-0.4, -0.2) is 34.5 Å². The average molecular weight is 280 g/mol. The van der Waals surface area contributed by atoms with Crippen molar-refractivity contribution in [3.63, 3.8) is 0 Å². The summed E-state index contributed by atoms with van der Waals surface area (Å²) in [4.78, 5) is 22.4. The Kier molecular flexibility index (Phi) is 4.39. The van der Waals surface area contributed by atoms with Crippen LogP contribution in [0.4, 0.5) is 5.69 Å². The minimum Gasteiger partial charge on any atom is -0.348 e. The summed E-state index contributed by atoms with van der Waals surface area (Å²) in [5, 5.41) is 16.9. The van der Waals surface area contributed by atoms with E-state index in [1.165, 1.54) is 16.8 Å². The van der Waals surface area contributed by atoms with Gasteiger partial charge in [0.1, 0.15) is 5.69 Å². The summed E-state index contributed by atoms with van der Waals surface area (Å²) in [6.45, 7) is 0. The number of aromatic nitrogens is 1. The molecule has 2 N–H and O–H groups in total. The Labute approximate surface area is 117 Å². The lowest BCUT2D eigenvalue weighted by atomic mass is 9.91. The number of nitrogens with zero attached hydrogens (tertiary/aromatic N) is 2. The van der Waals surface area contributed by atoms with E-state index in [0.717, 1.165) is 25.7 Å². The molecule has 1 amide bonds. The van der Waals surface area contributed by atoms with Crippen molar-refractivity contribution < 1.29 is 9.72 Å². The quantitative estimate of drug-likeness (QED) is 0.640.